The van der Waals surface area contributed by atoms with E-state index in [0.29, 0.717) is 23.9 Å². The summed E-state index contributed by atoms with van der Waals surface area (Å²) in [4.78, 5) is 0. The van der Waals surface area contributed by atoms with E-state index in [1.165, 1.54) is 0 Å². The minimum atomic E-state index is -0.787. The van der Waals surface area contributed by atoms with E-state index in [0.717, 1.165) is 11.5 Å². The monoisotopic (exact) mass is 244 g/mol. The number of rotatable bonds is 5. The summed E-state index contributed by atoms with van der Waals surface area (Å²) in [5, 5.41) is 7.53. The lowest BCUT2D eigenvalue weighted by molar-refractivity contribution is 0.686. The van der Waals surface area contributed by atoms with Gasteiger partial charge < -0.3 is 11.1 Å². The van der Waals surface area contributed by atoms with E-state index in [2.05, 4.69) is 24.3 Å². The lowest BCUT2D eigenvalue weighted by atomic mass is 10.1. The second-order valence-corrected chi connectivity index (χ2v) is 5.68. The van der Waals surface area contributed by atoms with Crippen LogP contribution in [-0.2, 0) is 17.8 Å². The molecule has 3 N–H and O–H groups in total. The van der Waals surface area contributed by atoms with Gasteiger partial charge in [-0.2, -0.15) is 5.10 Å². The lowest BCUT2D eigenvalue weighted by Crippen LogP contribution is -2.13. The zero-order valence-electron chi connectivity index (χ0n) is 10.3. The van der Waals surface area contributed by atoms with Crippen LogP contribution in [0, 0.1) is 0 Å². The molecule has 0 amide bonds. The molecule has 92 valence electrons. The minimum Gasteiger partial charge on any atom is -0.394 e. The first kappa shape index (κ1) is 13.0. The quantitative estimate of drug-likeness (QED) is 0.807. The molecule has 0 saturated carbocycles. The van der Waals surface area contributed by atoms with Gasteiger partial charge in [-0.25, -0.2) is 0 Å². The van der Waals surface area contributed by atoms with Crippen LogP contribution in [0.4, 0.5) is 11.5 Å². The summed E-state index contributed by atoms with van der Waals surface area (Å²) < 4.78 is 12.7. The van der Waals surface area contributed by atoms with E-state index < -0.39 is 10.8 Å². The van der Waals surface area contributed by atoms with Crippen molar-refractivity contribution in [3.05, 3.63) is 5.69 Å². The Bertz CT molecular complexity index is 386. The van der Waals surface area contributed by atoms with E-state index in [-0.39, 0.29) is 0 Å². The molecular formula is C10H20N4OS. The van der Waals surface area contributed by atoms with Gasteiger partial charge >= 0.3 is 0 Å². The maximum Gasteiger partial charge on any atom is 0.147 e. The summed E-state index contributed by atoms with van der Waals surface area (Å²) in [6.07, 6.45) is 1.69. The molecule has 16 heavy (non-hydrogen) atoms. The Morgan fingerprint density at radius 3 is 2.62 bits per heavy atom. The summed E-state index contributed by atoms with van der Waals surface area (Å²) in [6, 6.07) is 0. The molecule has 1 unspecified atom stereocenters. The molecule has 0 fully saturated rings. The largest absolute Gasteiger partial charge is 0.394 e. The first-order valence-electron chi connectivity index (χ1n) is 5.29. The van der Waals surface area contributed by atoms with Gasteiger partial charge in [-0.3, -0.25) is 8.89 Å². The number of nitrogens with two attached hydrogens (primary N) is 1. The number of nitrogens with one attached hydrogen (secondary N) is 1. The molecule has 0 aromatic carbocycles. The van der Waals surface area contributed by atoms with Crippen LogP contribution < -0.4 is 11.1 Å². The first-order chi connectivity index (χ1) is 7.43. The number of hydrogen-bond donors (Lipinski definition) is 2. The van der Waals surface area contributed by atoms with E-state index in [1.807, 2.05) is 7.05 Å². The molecule has 0 aliphatic heterocycles. The summed E-state index contributed by atoms with van der Waals surface area (Å²) in [5.74, 6) is 1.73. The summed E-state index contributed by atoms with van der Waals surface area (Å²) in [7, 11) is 1.07. The Kier molecular flexibility index (Phi) is 4.35. The summed E-state index contributed by atoms with van der Waals surface area (Å²) in [5.41, 5.74) is 7.60. The Morgan fingerprint density at radius 2 is 2.19 bits per heavy atom. The third kappa shape index (κ3) is 2.98. The molecule has 6 heteroatoms. The molecule has 1 atom stereocenters. The van der Waals surface area contributed by atoms with Crippen LogP contribution in [0.3, 0.4) is 0 Å². The zero-order chi connectivity index (χ0) is 12.3. The fourth-order valence-corrected chi connectivity index (χ4v) is 1.90. The standard InChI is InChI=1S/C10H20N4OS/c1-7(2)9-8(11)10(14(3)13-9)12-5-6-16(4)15/h7,12H,5-6,11H2,1-4H3. The van der Waals surface area contributed by atoms with Gasteiger partial charge in [0, 0.05) is 36.4 Å². The Balaban J connectivity index is 2.76. The van der Waals surface area contributed by atoms with Crippen molar-refractivity contribution < 1.29 is 4.21 Å². The predicted octanol–water partition coefficient (Wildman–Crippen LogP) is 0.916. The average molecular weight is 244 g/mol. The minimum absolute atomic E-state index is 0.307. The fraction of sp³-hybridized carbons (Fsp3) is 0.700. The van der Waals surface area contributed by atoms with Gasteiger partial charge in [0.1, 0.15) is 5.82 Å². The van der Waals surface area contributed by atoms with Crippen molar-refractivity contribution in [3.8, 4) is 0 Å². The topological polar surface area (TPSA) is 72.9 Å². The Hall–Kier alpha value is -1.04. The third-order valence-corrected chi connectivity index (χ3v) is 3.12. The molecule has 1 heterocycles. The maximum atomic E-state index is 10.9. The van der Waals surface area contributed by atoms with Crippen LogP contribution in [0.1, 0.15) is 25.5 Å². The van der Waals surface area contributed by atoms with Crippen molar-refractivity contribution in [2.75, 3.05) is 29.6 Å². The number of aryl methyl sites for hydroxylation is 1. The van der Waals surface area contributed by atoms with E-state index in [4.69, 9.17) is 5.73 Å². The molecular weight excluding hydrogens is 224 g/mol. The van der Waals surface area contributed by atoms with Gasteiger partial charge in [-0.15, -0.1) is 0 Å². The molecule has 0 radical (unpaired) electrons. The van der Waals surface area contributed by atoms with Crippen molar-refractivity contribution in [1.82, 2.24) is 9.78 Å². The van der Waals surface area contributed by atoms with Crippen molar-refractivity contribution in [3.63, 3.8) is 0 Å². The number of nitrogens with zero attached hydrogens (tertiary/aromatic N) is 2. The van der Waals surface area contributed by atoms with E-state index in [1.54, 1.807) is 10.9 Å². The number of aromatic nitrogens is 2. The summed E-state index contributed by atoms with van der Waals surface area (Å²) in [6.45, 7) is 4.76. The number of anilines is 2. The van der Waals surface area contributed by atoms with Crippen LogP contribution in [0.2, 0.25) is 0 Å². The van der Waals surface area contributed by atoms with Crippen molar-refractivity contribution in [2.24, 2.45) is 7.05 Å². The second kappa shape index (κ2) is 5.34. The van der Waals surface area contributed by atoms with Crippen molar-refractivity contribution in [1.29, 1.82) is 0 Å². The van der Waals surface area contributed by atoms with Gasteiger partial charge in [0.2, 0.25) is 0 Å². The van der Waals surface area contributed by atoms with Gasteiger partial charge in [-0.1, -0.05) is 13.8 Å². The van der Waals surface area contributed by atoms with Crippen molar-refractivity contribution in [2.45, 2.75) is 19.8 Å². The molecule has 0 aliphatic rings. The van der Waals surface area contributed by atoms with Gasteiger partial charge in [0.05, 0.1) is 11.4 Å². The Morgan fingerprint density at radius 1 is 1.56 bits per heavy atom. The predicted molar refractivity (Wildman–Crippen MR) is 69.1 cm³/mol. The van der Waals surface area contributed by atoms with Gasteiger partial charge in [0.25, 0.3) is 0 Å². The SMILES string of the molecule is CC(C)c1nn(C)c(NCCS(C)=O)c1N. The fourth-order valence-electron chi connectivity index (χ4n) is 1.51. The van der Waals surface area contributed by atoms with E-state index >= 15 is 0 Å². The van der Waals surface area contributed by atoms with E-state index in [9.17, 15) is 4.21 Å². The summed E-state index contributed by atoms with van der Waals surface area (Å²) >= 11 is 0. The van der Waals surface area contributed by atoms with Gasteiger partial charge in [-0.05, 0) is 5.92 Å². The molecule has 0 bridgehead atoms. The molecule has 1 aromatic heterocycles. The molecule has 0 saturated heterocycles. The van der Waals surface area contributed by atoms with Crippen LogP contribution >= 0.6 is 0 Å². The molecule has 0 aliphatic carbocycles. The molecule has 5 nitrogen and oxygen atoms in total. The smallest absolute Gasteiger partial charge is 0.147 e. The highest BCUT2D eigenvalue weighted by Gasteiger charge is 2.15. The normalized spacial score (nSPS) is 13.1. The second-order valence-electron chi connectivity index (χ2n) is 4.13. The van der Waals surface area contributed by atoms with Crippen molar-refractivity contribution >= 4 is 22.3 Å². The molecule has 1 aromatic rings. The van der Waals surface area contributed by atoms with Crippen LogP contribution in [0.25, 0.3) is 0 Å². The highest BCUT2D eigenvalue weighted by molar-refractivity contribution is 7.84. The molecule has 0 spiro atoms. The zero-order valence-corrected chi connectivity index (χ0v) is 11.1. The van der Waals surface area contributed by atoms with Crippen LogP contribution in [-0.4, -0.2) is 32.5 Å². The average Bonchev–Trinajstić information content (AvgIpc) is 2.44. The van der Waals surface area contributed by atoms with Crippen LogP contribution in [0.15, 0.2) is 0 Å². The van der Waals surface area contributed by atoms with Crippen LogP contribution in [0.5, 0.6) is 0 Å². The van der Waals surface area contributed by atoms with Gasteiger partial charge in [0.15, 0.2) is 0 Å². The third-order valence-electron chi connectivity index (χ3n) is 2.34. The lowest BCUT2D eigenvalue weighted by Gasteiger charge is -2.06. The highest BCUT2D eigenvalue weighted by atomic mass is 32.2. The first-order valence-corrected chi connectivity index (χ1v) is 7.02. The maximum absolute atomic E-state index is 10.9. The number of nitrogen functional groups attached to an aromatic ring is 1. The number of hydrogen-bond acceptors (Lipinski definition) is 4. The highest BCUT2D eigenvalue weighted by Crippen LogP contribution is 2.27. The molecule has 1 rings (SSSR count). The Labute approximate surface area is 98.9 Å².